The van der Waals surface area contributed by atoms with Crippen molar-refractivity contribution in [1.29, 1.82) is 0 Å². The zero-order valence-corrected chi connectivity index (χ0v) is 16.3. The quantitative estimate of drug-likeness (QED) is 0.633. The fourth-order valence-corrected chi connectivity index (χ4v) is 2.55. The summed E-state index contributed by atoms with van der Waals surface area (Å²) in [4.78, 5) is 28.4. The van der Waals surface area contributed by atoms with Crippen molar-refractivity contribution < 1.29 is 19.0 Å². The van der Waals surface area contributed by atoms with Crippen LogP contribution in [0.15, 0.2) is 12.1 Å². The molecular weight excluding hydrogens is 366 g/mol. The molecule has 11 nitrogen and oxygen atoms in total. The third-order valence-corrected chi connectivity index (χ3v) is 4.02. The summed E-state index contributed by atoms with van der Waals surface area (Å²) in [5.74, 6) is 0.935. The van der Waals surface area contributed by atoms with E-state index in [2.05, 4.69) is 34.8 Å². The average molecular weight is 389 g/mol. The van der Waals surface area contributed by atoms with E-state index in [0.29, 0.717) is 11.9 Å². The van der Waals surface area contributed by atoms with Crippen molar-refractivity contribution in [2.24, 2.45) is 0 Å². The molecular formula is C17H23N7O4. The molecule has 0 bridgehead atoms. The SMILES string of the molecule is COC(=O)[C@@H](C)Oc1ccc(Oc2nc(N(C)C)nc(N3CCCC3)n2)nn1. The summed E-state index contributed by atoms with van der Waals surface area (Å²) in [5, 5.41) is 7.83. The van der Waals surface area contributed by atoms with Gasteiger partial charge in [-0.3, -0.25) is 0 Å². The molecule has 150 valence electrons. The van der Waals surface area contributed by atoms with E-state index in [9.17, 15) is 4.79 Å². The van der Waals surface area contributed by atoms with Crippen molar-refractivity contribution in [3.8, 4) is 17.8 Å². The molecule has 3 heterocycles. The highest BCUT2D eigenvalue weighted by Crippen LogP contribution is 2.23. The first-order valence-electron chi connectivity index (χ1n) is 8.90. The van der Waals surface area contributed by atoms with Gasteiger partial charge in [0.25, 0.3) is 0 Å². The van der Waals surface area contributed by atoms with Crippen molar-refractivity contribution in [3.05, 3.63) is 12.1 Å². The van der Waals surface area contributed by atoms with E-state index in [1.165, 1.54) is 13.2 Å². The third kappa shape index (κ3) is 4.72. The first-order valence-corrected chi connectivity index (χ1v) is 8.90. The first kappa shape index (κ1) is 19.5. The monoisotopic (exact) mass is 389 g/mol. The fraction of sp³-hybridized carbons (Fsp3) is 0.529. The van der Waals surface area contributed by atoms with Crippen LogP contribution < -0.4 is 19.3 Å². The minimum atomic E-state index is -0.791. The number of ether oxygens (including phenoxy) is 3. The van der Waals surface area contributed by atoms with Crippen LogP contribution in [0.2, 0.25) is 0 Å². The highest BCUT2D eigenvalue weighted by Gasteiger charge is 2.19. The Morgan fingerprint density at radius 3 is 2.39 bits per heavy atom. The molecule has 0 spiro atoms. The molecule has 0 aliphatic carbocycles. The van der Waals surface area contributed by atoms with E-state index in [-0.39, 0.29) is 17.8 Å². The van der Waals surface area contributed by atoms with Crippen LogP contribution in [0, 0.1) is 0 Å². The van der Waals surface area contributed by atoms with E-state index < -0.39 is 12.1 Å². The van der Waals surface area contributed by atoms with Crippen LogP contribution >= 0.6 is 0 Å². The van der Waals surface area contributed by atoms with Crippen LogP contribution in [-0.2, 0) is 9.53 Å². The highest BCUT2D eigenvalue weighted by molar-refractivity contribution is 5.74. The number of aromatic nitrogens is 5. The lowest BCUT2D eigenvalue weighted by atomic mass is 10.4. The molecule has 28 heavy (non-hydrogen) atoms. The lowest BCUT2D eigenvalue weighted by Crippen LogP contribution is -2.25. The molecule has 0 amide bonds. The number of anilines is 2. The first-order chi connectivity index (χ1) is 13.5. The predicted molar refractivity (Wildman–Crippen MR) is 99.8 cm³/mol. The normalized spacial score (nSPS) is 14.5. The Bertz CT molecular complexity index is 810. The van der Waals surface area contributed by atoms with Gasteiger partial charge >= 0.3 is 12.0 Å². The number of nitrogens with zero attached hydrogens (tertiary/aromatic N) is 7. The molecule has 1 atom stereocenters. The molecule has 1 aliphatic heterocycles. The van der Waals surface area contributed by atoms with Gasteiger partial charge in [0.2, 0.25) is 23.7 Å². The third-order valence-electron chi connectivity index (χ3n) is 4.02. The fourth-order valence-electron chi connectivity index (χ4n) is 2.55. The van der Waals surface area contributed by atoms with Gasteiger partial charge in [-0.15, -0.1) is 10.2 Å². The summed E-state index contributed by atoms with van der Waals surface area (Å²) in [6, 6.07) is 3.23. The van der Waals surface area contributed by atoms with Crippen molar-refractivity contribution in [3.63, 3.8) is 0 Å². The van der Waals surface area contributed by atoms with Gasteiger partial charge < -0.3 is 24.0 Å². The van der Waals surface area contributed by atoms with Crippen LogP contribution in [0.1, 0.15) is 19.8 Å². The number of hydrogen-bond acceptors (Lipinski definition) is 11. The summed E-state index contributed by atoms with van der Waals surface area (Å²) in [5.41, 5.74) is 0. The smallest absolute Gasteiger partial charge is 0.346 e. The Hall–Kier alpha value is -3.24. The summed E-state index contributed by atoms with van der Waals surface area (Å²) in [7, 11) is 4.99. The molecule has 2 aromatic rings. The topological polar surface area (TPSA) is 116 Å². The van der Waals surface area contributed by atoms with Crippen molar-refractivity contribution in [1.82, 2.24) is 25.1 Å². The maximum atomic E-state index is 11.4. The molecule has 1 fully saturated rings. The van der Waals surface area contributed by atoms with Crippen molar-refractivity contribution >= 4 is 17.9 Å². The van der Waals surface area contributed by atoms with Gasteiger partial charge in [0, 0.05) is 39.3 Å². The van der Waals surface area contributed by atoms with Crippen LogP contribution in [0.3, 0.4) is 0 Å². The number of carbonyl (C=O) groups excluding carboxylic acids is 1. The second-order valence-corrected chi connectivity index (χ2v) is 6.40. The number of carbonyl (C=O) groups is 1. The zero-order chi connectivity index (χ0) is 20.1. The molecule has 11 heteroatoms. The van der Waals surface area contributed by atoms with Crippen LogP contribution in [-0.4, -0.2) is 71.5 Å². The number of methoxy groups -OCH3 is 1. The molecule has 0 saturated carbocycles. The van der Waals surface area contributed by atoms with E-state index >= 15 is 0 Å². The Morgan fingerprint density at radius 1 is 1.11 bits per heavy atom. The molecule has 0 aromatic carbocycles. The zero-order valence-electron chi connectivity index (χ0n) is 16.3. The van der Waals surface area contributed by atoms with Crippen LogP contribution in [0.4, 0.5) is 11.9 Å². The van der Waals surface area contributed by atoms with Gasteiger partial charge in [-0.1, -0.05) is 0 Å². The largest absolute Gasteiger partial charge is 0.466 e. The second-order valence-electron chi connectivity index (χ2n) is 6.40. The summed E-state index contributed by atoms with van der Waals surface area (Å²) in [6.07, 6.45) is 1.42. The minimum Gasteiger partial charge on any atom is -0.466 e. The lowest BCUT2D eigenvalue weighted by molar-refractivity contribution is -0.148. The van der Waals surface area contributed by atoms with Gasteiger partial charge in [-0.05, 0) is 19.8 Å². The van der Waals surface area contributed by atoms with Gasteiger partial charge in [-0.2, -0.15) is 15.0 Å². The molecule has 0 radical (unpaired) electrons. The molecule has 1 aliphatic rings. The second kappa shape index (κ2) is 8.63. The Balaban J connectivity index is 1.74. The Kier molecular flexibility index (Phi) is 6.02. The summed E-state index contributed by atoms with van der Waals surface area (Å²) >= 11 is 0. The molecule has 2 aromatic heterocycles. The number of esters is 1. The van der Waals surface area contributed by atoms with Gasteiger partial charge in [0.1, 0.15) is 0 Å². The van der Waals surface area contributed by atoms with E-state index in [0.717, 1.165) is 25.9 Å². The van der Waals surface area contributed by atoms with Crippen LogP contribution in [0.25, 0.3) is 0 Å². The van der Waals surface area contributed by atoms with E-state index in [4.69, 9.17) is 9.47 Å². The molecule has 1 saturated heterocycles. The van der Waals surface area contributed by atoms with Gasteiger partial charge in [0.05, 0.1) is 7.11 Å². The molecule has 0 unspecified atom stereocenters. The molecule has 0 N–H and O–H groups in total. The maximum Gasteiger partial charge on any atom is 0.346 e. The highest BCUT2D eigenvalue weighted by atomic mass is 16.6. The Labute approximate surface area is 162 Å². The number of hydrogen-bond donors (Lipinski definition) is 0. The average Bonchev–Trinajstić information content (AvgIpc) is 3.23. The van der Waals surface area contributed by atoms with E-state index in [1.54, 1.807) is 17.9 Å². The predicted octanol–water partition coefficient (Wildman–Crippen LogP) is 1.06. The maximum absolute atomic E-state index is 11.4. The summed E-state index contributed by atoms with van der Waals surface area (Å²) < 4.78 is 15.6. The Morgan fingerprint density at radius 2 is 1.79 bits per heavy atom. The van der Waals surface area contributed by atoms with Crippen molar-refractivity contribution in [2.75, 3.05) is 44.1 Å². The number of rotatable bonds is 7. The minimum absolute atomic E-state index is 0.131. The van der Waals surface area contributed by atoms with Crippen molar-refractivity contribution in [2.45, 2.75) is 25.9 Å². The summed E-state index contributed by atoms with van der Waals surface area (Å²) in [6.45, 7) is 3.37. The van der Waals surface area contributed by atoms with E-state index in [1.807, 2.05) is 14.1 Å². The standard InChI is InChI=1S/C17H23N7O4/c1-11(14(25)26-4)27-12-7-8-13(22-21-12)28-17-19-15(23(2)3)18-16(20-17)24-9-5-6-10-24/h7-8,11H,5-6,9-10H2,1-4H3/t11-/m1/s1. The molecule has 3 rings (SSSR count). The lowest BCUT2D eigenvalue weighted by Gasteiger charge is -2.18. The van der Waals surface area contributed by atoms with Crippen LogP contribution in [0.5, 0.6) is 17.8 Å². The van der Waals surface area contributed by atoms with Gasteiger partial charge in [0.15, 0.2) is 6.10 Å². The van der Waals surface area contributed by atoms with Gasteiger partial charge in [-0.25, -0.2) is 4.79 Å².